The third-order valence-electron chi connectivity index (χ3n) is 3.58. The van der Waals surface area contributed by atoms with Crippen LogP contribution in [0.3, 0.4) is 0 Å². The molecule has 2 aromatic carbocycles. The van der Waals surface area contributed by atoms with Crippen LogP contribution in [0.5, 0.6) is 0 Å². The summed E-state index contributed by atoms with van der Waals surface area (Å²) in [4.78, 5) is 12.0. The largest absolute Gasteiger partial charge is 0.320 e. The molecular weight excluding hydrogens is 376 g/mol. The van der Waals surface area contributed by atoms with E-state index in [0.717, 1.165) is 11.1 Å². The fourth-order valence-electron chi connectivity index (χ4n) is 2.29. The van der Waals surface area contributed by atoms with Crippen LogP contribution in [0.25, 0.3) is 6.08 Å². The first kappa shape index (κ1) is 18.2. The number of carbonyl (C=O) groups excluding carboxylic acids is 1. The number of nitrogens with zero attached hydrogens (tertiary/aromatic N) is 2. The molecular formula is C19H14Cl2FN3O. The number of nitrogens with one attached hydrogen (secondary N) is 1. The summed E-state index contributed by atoms with van der Waals surface area (Å²) in [6.45, 7) is 0.389. The molecule has 1 heterocycles. The van der Waals surface area contributed by atoms with Crippen molar-refractivity contribution in [2.75, 3.05) is 5.32 Å². The molecule has 0 radical (unpaired) electrons. The van der Waals surface area contributed by atoms with Crippen LogP contribution in [0, 0.1) is 5.82 Å². The first-order valence-electron chi connectivity index (χ1n) is 7.71. The Balaban J connectivity index is 1.63. The molecule has 0 saturated heterocycles. The Labute approximate surface area is 159 Å². The van der Waals surface area contributed by atoms with E-state index in [1.54, 1.807) is 47.3 Å². The molecule has 0 aliphatic rings. The number of hydrogen-bond acceptors (Lipinski definition) is 2. The van der Waals surface area contributed by atoms with Crippen molar-refractivity contribution in [3.63, 3.8) is 0 Å². The topological polar surface area (TPSA) is 46.9 Å². The molecule has 4 nitrogen and oxygen atoms in total. The summed E-state index contributed by atoms with van der Waals surface area (Å²) in [6.07, 6.45) is 6.19. The highest BCUT2D eigenvalue weighted by Crippen LogP contribution is 2.25. The minimum atomic E-state index is -0.322. The number of benzene rings is 2. The lowest BCUT2D eigenvalue weighted by atomic mass is 10.2. The molecule has 3 rings (SSSR count). The van der Waals surface area contributed by atoms with Gasteiger partial charge in [0.1, 0.15) is 5.82 Å². The van der Waals surface area contributed by atoms with E-state index < -0.39 is 0 Å². The Bertz CT molecular complexity index is 931. The quantitative estimate of drug-likeness (QED) is 0.622. The number of hydrogen-bond donors (Lipinski definition) is 1. The third-order valence-corrected chi connectivity index (χ3v) is 4.29. The zero-order chi connectivity index (χ0) is 18.5. The fourth-order valence-corrected chi connectivity index (χ4v) is 2.81. The van der Waals surface area contributed by atoms with E-state index in [-0.39, 0.29) is 11.7 Å². The molecule has 132 valence electrons. The van der Waals surface area contributed by atoms with Crippen molar-refractivity contribution >= 4 is 40.9 Å². The number of halogens is 3. The Morgan fingerprint density at radius 3 is 2.54 bits per heavy atom. The van der Waals surface area contributed by atoms with Gasteiger partial charge in [0.15, 0.2) is 0 Å². The van der Waals surface area contributed by atoms with E-state index in [1.165, 1.54) is 24.4 Å². The zero-order valence-corrected chi connectivity index (χ0v) is 15.0. The molecule has 1 aromatic heterocycles. The highest BCUT2D eigenvalue weighted by atomic mass is 35.5. The van der Waals surface area contributed by atoms with Crippen molar-refractivity contribution in [3.8, 4) is 0 Å². The molecule has 3 aromatic rings. The van der Waals surface area contributed by atoms with Crippen LogP contribution in [0.15, 0.2) is 60.9 Å². The average Bonchev–Trinajstić information content (AvgIpc) is 3.05. The first-order valence-corrected chi connectivity index (χ1v) is 8.47. The smallest absolute Gasteiger partial charge is 0.248 e. The fraction of sp³-hybridized carbons (Fsp3) is 0.0526. The summed E-state index contributed by atoms with van der Waals surface area (Å²) in [5.41, 5.74) is 2.03. The second-order valence-corrected chi connectivity index (χ2v) is 6.32. The SMILES string of the molecule is O=C(/C=C/c1ccc(F)cc1)Nc1cnn(Cc2c(Cl)cccc2Cl)c1. The lowest BCUT2D eigenvalue weighted by Crippen LogP contribution is -2.07. The van der Waals surface area contributed by atoms with E-state index in [0.29, 0.717) is 22.3 Å². The molecule has 0 spiro atoms. The summed E-state index contributed by atoms with van der Waals surface area (Å²) in [5, 5.41) is 8.02. The normalized spacial score (nSPS) is 11.0. The van der Waals surface area contributed by atoms with Crippen LogP contribution >= 0.6 is 23.2 Å². The molecule has 1 N–H and O–H groups in total. The summed E-state index contributed by atoms with van der Waals surface area (Å²) in [6, 6.07) is 11.1. The maximum absolute atomic E-state index is 12.9. The van der Waals surface area contributed by atoms with Crippen LogP contribution in [0.1, 0.15) is 11.1 Å². The number of carbonyl (C=O) groups is 1. The highest BCUT2D eigenvalue weighted by Gasteiger charge is 2.08. The molecule has 0 fully saturated rings. The predicted octanol–water partition coefficient (Wildman–Crippen LogP) is 5.03. The number of amides is 1. The van der Waals surface area contributed by atoms with E-state index >= 15 is 0 Å². The molecule has 26 heavy (non-hydrogen) atoms. The van der Waals surface area contributed by atoms with Gasteiger partial charge in [-0.2, -0.15) is 5.10 Å². The van der Waals surface area contributed by atoms with Gasteiger partial charge < -0.3 is 5.32 Å². The average molecular weight is 390 g/mol. The maximum atomic E-state index is 12.9. The summed E-state index contributed by atoms with van der Waals surface area (Å²) >= 11 is 12.3. The van der Waals surface area contributed by atoms with Crippen molar-refractivity contribution in [1.82, 2.24) is 9.78 Å². The van der Waals surface area contributed by atoms with Gasteiger partial charge >= 0.3 is 0 Å². The van der Waals surface area contributed by atoms with E-state index in [2.05, 4.69) is 10.4 Å². The van der Waals surface area contributed by atoms with Crippen molar-refractivity contribution in [1.29, 1.82) is 0 Å². The Morgan fingerprint density at radius 2 is 1.85 bits per heavy atom. The minimum Gasteiger partial charge on any atom is -0.320 e. The Hall–Kier alpha value is -2.63. The van der Waals surface area contributed by atoms with Crippen LogP contribution in [0.4, 0.5) is 10.1 Å². The lowest BCUT2D eigenvalue weighted by molar-refractivity contribution is -0.111. The molecule has 0 aliphatic carbocycles. The van der Waals surface area contributed by atoms with Gasteiger partial charge in [-0.05, 0) is 35.9 Å². The summed E-state index contributed by atoms with van der Waals surface area (Å²) in [7, 11) is 0. The maximum Gasteiger partial charge on any atom is 0.248 e. The summed E-state index contributed by atoms with van der Waals surface area (Å²) < 4.78 is 14.5. The predicted molar refractivity (Wildman–Crippen MR) is 102 cm³/mol. The Kier molecular flexibility index (Phi) is 5.71. The second-order valence-electron chi connectivity index (χ2n) is 5.50. The molecule has 0 saturated carbocycles. The molecule has 7 heteroatoms. The van der Waals surface area contributed by atoms with Gasteiger partial charge in [0.2, 0.25) is 5.91 Å². The lowest BCUT2D eigenvalue weighted by Gasteiger charge is -2.06. The Morgan fingerprint density at radius 1 is 1.15 bits per heavy atom. The second kappa shape index (κ2) is 8.17. The van der Waals surface area contributed by atoms with Gasteiger partial charge in [0.05, 0.1) is 18.4 Å². The van der Waals surface area contributed by atoms with Gasteiger partial charge in [-0.1, -0.05) is 41.4 Å². The van der Waals surface area contributed by atoms with Gasteiger partial charge in [-0.3, -0.25) is 9.48 Å². The van der Waals surface area contributed by atoms with E-state index in [1.807, 2.05) is 0 Å². The monoisotopic (exact) mass is 389 g/mol. The van der Waals surface area contributed by atoms with E-state index in [4.69, 9.17) is 23.2 Å². The van der Waals surface area contributed by atoms with Crippen LogP contribution in [-0.2, 0) is 11.3 Å². The van der Waals surface area contributed by atoms with Crippen molar-refractivity contribution < 1.29 is 9.18 Å². The minimum absolute atomic E-state index is 0.315. The number of rotatable bonds is 5. The van der Waals surface area contributed by atoms with E-state index in [9.17, 15) is 9.18 Å². The van der Waals surface area contributed by atoms with Crippen LogP contribution in [-0.4, -0.2) is 15.7 Å². The van der Waals surface area contributed by atoms with Gasteiger partial charge in [0, 0.05) is 27.9 Å². The number of aromatic nitrogens is 2. The van der Waals surface area contributed by atoms with Crippen molar-refractivity contribution in [2.45, 2.75) is 6.54 Å². The van der Waals surface area contributed by atoms with Gasteiger partial charge in [0.25, 0.3) is 0 Å². The van der Waals surface area contributed by atoms with Crippen LogP contribution < -0.4 is 5.32 Å². The number of anilines is 1. The molecule has 1 amide bonds. The van der Waals surface area contributed by atoms with Crippen LogP contribution in [0.2, 0.25) is 10.0 Å². The molecule has 0 aliphatic heterocycles. The van der Waals surface area contributed by atoms with Crippen molar-refractivity contribution in [3.05, 3.63) is 87.9 Å². The van der Waals surface area contributed by atoms with Gasteiger partial charge in [-0.25, -0.2) is 4.39 Å². The molecule has 0 unspecified atom stereocenters. The highest BCUT2D eigenvalue weighted by molar-refractivity contribution is 6.35. The first-order chi connectivity index (χ1) is 12.5. The summed E-state index contributed by atoms with van der Waals surface area (Å²) in [5.74, 6) is -0.637. The van der Waals surface area contributed by atoms with Gasteiger partial charge in [-0.15, -0.1) is 0 Å². The standard InChI is InChI=1S/C19H14Cl2FN3O/c20-17-2-1-3-18(21)16(17)12-25-11-15(10-23-25)24-19(26)9-6-13-4-7-14(22)8-5-13/h1-11H,12H2,(H,24,26)/b9-6+. The molecule has 0 bridgehead atoms. The zero-order valence-electron chi connectivity index (χ0n) is 13.5. The molecule has 0 atom stereocenters. The third kappa shape index (κ3) is 4.71. The van der Waals surface area contributed by atoms with Crippen molar-refractivity contribution in [2.24, 2.45) is 0 Å².